The van der Waals surface area contributed by atoms with Gasteiger partial charge in [-0.15, -0.1) is 0 Å². The Labute approximate surface area is 97.7 Å². The van der Waals surface area contributed by atoms with E-state index in [2.05, 4.69) is 22.9 Å². The van der Waals surface area contributed by atoms with Crippen LogP contribution in [0, 0.1) is 12.8 Å². The second-order valence-electron chi connectivity index (χ2n) is 4.73. The van der Waals surface area contributed by atoms with E-state index >= 15 is 0 Å². The summed E-state index contributed by atoms with van der Waals surface area (Å²) in [6.45, 7) is 6.27. The summed E-state index contributed by atoms with van der Waals surface area (Å²) in [4.78, 5) is 6.84. The molecule has 0 aliphatic carbocycles. The number of likely N-dealkylation sites (tertiary alicyclic amines) is 1. The van der Waals surface area contributed by atoms with Crippen LogP contribution in [0.1, 0.15) is 24.1 Å². The van der Waals surface area contributed by atoms with Gasteiger partial charge in [-0.05, 0) is 50.4 Å². The highest BCUT2D eigenvalue weighted by molar-refractivity contribution is 5.18. The summed E-state index contributed by atoms with van der Waals surface area (Å²) >= 11 is 0. The number of rotatable bonds is 3. The molecule has 2 N–H and O–H groups in total. The van der Waals surface area contributed by atoms with Gasteiger partial charge in [0.2, 0.25) is 0 Å². The van der Waals surface area contributed by atoms with Gasteiger partial charge in [0, 0.05) is 25.0 Å². The number of aryl methyl sites for hydroxylation is 1. The largest absolute Gasteiger partial charge is 0.330 e. The molecule has 0 amide bonds. The fourth-order valence-corrected chi connectivity index (χ4v) is 2.41. The van der Waals surface area contributed by atoms with Crippen molar-refractivity contribution < 1.29 is 0 Å². The Morgan fingerprint density at radius 3 is 3.19 bits per heavy atom. The standard InChI is InChI=1S/C13H21N3/c1-11-13(5-2-6-15-11)10-16-7-3-4-12(8-14)9-16/h2,5-6,12H,3-4,7-10,14H2,1H3. The number of aromatic nitrogens is 1. The number of nitrogens with zero attached hydrogens (tertiary/aromatic N) is 2. The van der Waals surface area contributed by atoms with Crippen molar-refractivity contribution in [3.05, 3.63) is 29.6 Å². The average molecular weight is 219 g/mol. The summed E-state index contributed by atoms with van der Waals surface area (Å²) < 4.78 is 0. The van der Waals surface area contributed by atoms with Crippen LogP contribution in [0.4, 0.5) is 0 Å². The molecule has 1 atom stereocenters. The normalized spacial score (nSPS) is 22.2. The van der Waals surface area contributed by atoms with Crippen molar-refractivity contribution in [1.82, 2.24) is 9.88 Å². The third kappa shape index (κ3) is 2.80. The molecule has 3 nitrogen and oxygen atoms in total. The van der Waals surface area contributed by atoms with Crippen LogP contribution in [0.2, 0.25) is 0 Å². The Hall–Kier alpha value is -0.930. The third-order valence-corrected chi connectivity index (χ3v) is 3.45. The van der Waals surface area contributed by atoms with Crippen molar-refractivity contribution >= 4 is 0 Å². The monoisotopic (exact) mass is 219 g/mol. The van der Waals surface area contributed by atoms with Crippen molar-refractivity contribution in [1.29, 1.82) is 0 Å². The summed E-state index contributed by atoms with van der Waals surface area (Å²) in [5, 5.41) is 0. The minimum atomic E-state index is 0.686. The quantitative estimate of drug-likeness (QED) is 0.839. The zero-order chi connectivity index (χ0) is 11.4. The lowest BCUT2D eigenvalue weighted by Gasteiger charge is -2.32. The van der Waals surface area contributed by atoms with E-state index in [9.17, 15) is 0 Å². The third-order valence-electron chi connectivity index (χ3n) is 3.45. The number of nitrogens with two attached hydrogens (primary N) is 1. The molecule has 0 radical (unpaired) electrons. The molecule has 1 fully saturated rings. The van der Waals surface area contributed by atoms with Crippen LogP contribution in [-0.2, 0) is 6.54 Å². The first-order valence-corrected chi connectivity index (χ1v) is 6.12. The number of pyridine rings is 1. The number of piperidine rings is 1. The maximum atomic E-state index is 5.75. The van der Waals surface area contributed by atoms with Crippen LogP contribution in [0.25, 0.3) is 0 Å². The van der Waals surface area contributed by atoms with E-state index in [1.807, 2.05) is 12.3 Å². The molecule has 2 rings (SSSR count). The van der Waals surface area contributed by atoms with Crippen molar-refractivity contribution in [3.8, 4) is 0 Å². The maximum Gasteiger partial charge on any atom is 0.0417 e. The Balaban J connectivity index is 1.97. The van der Waals surface area contributed by atoms with Crippen LogP contribution < -0.4 is 5.73 Å². The molecule has 1 aromatic heterocycles. The second-order valence-corrected chi connectivity index (χ2v) is 4.73. The first-order valence-electron chi connectivity index (χ1n) is 6.12. The molecule has 1 aliphatic rings. The van der Waals surface area contributed by atoms with Gasteiger partial charge in [-0.1, -0.05) is 6.07 Å². The topological polar surface area (TPSA) is 42.2 Å². The molecule has 1 unspecified atom stereocenters. The van der Waals surface area contributed by atoms with E-state index in [1.54, 1.807) is 0 Å². The number of hydrogen-bond donors (Lipinski definition) is 1. The lowest BCUT2D eigenvalue weighted by Crippen LogP contribution is -2.38. The zero-order valence-corrected chi connectivity index (χ0v) is 10.0. The van der Waals surface area contributed by atoms with Crippen molar-refractivity contribution in [2.24, 2.45) is 11.7 Å². The van der Waals surface area contributed by atoms with Crippen molar-refractivity contribution in [3.63, 3.8) is 0 Å². The van der Waals surface area contributed by atoms with Crippen LogP contribution >= 0.6 is 0 Å². The predicted molar refractivity (Wildman–Crippen MR) is 66.0 cm³/mol. The van der Waals surface area contributed by atoms with Gasteiger partial charge in [0.1, 0.15) is 0 Å². The minimum absolute atomic E-state index is 0.686. The molecule has 0 spiro atoms. The van der Waals surface area contributed by atoms with Crippen LogP contribution in [0.5, 0.6) is 0 Å². The molecule has 0 aromatic carbocycles. The minimum Gasteiger partial charge on any atom is -0.330 e. The highest BCUT2D eigenvalue weighted by Crippen LogP contribution is 2.18. The average Bonchev–Trinajstić information content (AvgIpc) is 2.32. The highest BCUT2D eigenvalue weighted by atomic mass is 15.1. The molecule has 88 valence electrons. The van der Waals surface area contributed by atoms with E-state index in [4.69, 9.17) is 5.73 Å². The maximum absolute atomic E-state index is 5.75. The van der Waals surface area contributed by atoms with Gasteiger partial charge >= 0.3 is 0 Å². The Morgan fingerprint density at radius 1 is 1.56 bits per heavy atom. The van der Waals surface area contributed by atoms with Gasteiger partial charge in [0.25, 0.3) is 0 Å². The summed E-state index contributed by atoms with van der Waals surface area (Å²) in [6, 6.07) is 4.20. The van der Waals surface area contributed by atoms with Gasteiger partial charge in [-0.25, -0.2) is 0 Å². The van der Waals surface area contributed by atoms with Crippen LogP contribution in [0.15, 0.2) is 18.3 Å². The SMILES string of the molecule is Cc1ncccc1CN1CCCC(CN)C1. The lowest BCUT2D eigenvalue weighted by molar-refractivity contribution is 0.170. The van der Waals surface area contributed by atoms with E-state index in [0.29, 0.717) is 5.92 Å². The van der Waals surface area contributed by atoms with Crippen molar-refractivity contribution in [2.45, 2.75) is 26.3 Å². The lowest BCUT2D eigenvalue weighted by atomic mass is 9.98. The van der Waals surface area contributed by atoms with Crippen LogP contribution in [0.3, 0.4) is 0 Å². The summed E-state index contributed by atoms with van der Waals surface area (Å²) in [7, 11) is 0. The molecule has 1 aliphatic heterocycles. The van der Waals surface area contributed by atoms with E-state index in [-0.39, 0.29) is 0 Å². The highest BCUT2D eigenvalue weighted by Gasteiger charge is 2.18. The second kappa shape index (κ2) is 5.41. The first kappa shape index (κ1) is 11.6. The predicted octanol–water partition coefficient (Wildman–Crippen LogP) is 1.56. The Morgan fingerprint density at radius 2 is 2.44 bits per heavy atom. The molecule has 1 saturated heterocycles. The summed E-state index contributed by atoms with van der Waals surface area (Å²) in [5.41, 5.74) is 8.25. The van der Waals surface area contributed by atoms with E-state index < -0.39 is 0 Å². The molecular formula is C13H21N3. The van der Waals surface area contributed by atoms with Crippen LogP contribution in [-0.4, -0.2) is 29.5 Å². The molecular weight excluding hydrogens is 198 g/mol. The molecule has 0 saturated carbocycles. The van der Waals surface area contributed by atoms with E-state index in [0.717, 1.165) is 25.3 Å². The van der Waals surface area contributed by atoms with Gasteiger partial charge < -0.3 is 5.73 Å². The zero-order valence-electron chi connectivity index (χ0n) is 10.0. The Bertz CT molecular complexity index is 338. The molecule has 0 bridgehead atoms. The fourth-order valence-electron chi connectivity index (χ4n) is 2.41. The van der Waals surface area contributed by atoms with E-state index in [1.165, 1.54) is 24.9 Å². The summed E-state index contributed by atoms with van der Waals surface area (Å²) in [6.07, 6.45) is 4.43. The van der Waals surface area contributed by atoms with Gasteiger partial charge in [-0.2, -0.15) is 0 Å². The molecule has 16 heavy (non-hydrogen) atoms. The molecule has 1 aromatic rings. The van der Waals surface area contributed by atoms with Crippen molar-refractivity contribution in [2.75, 3.05) is 19.6 Å². The van der Waals surface area contributed by atoms with Gasteiger partial charge in [0.05, 0.1) is 0 Å². The van der Waals surface area contributed by atoms with Gasteiger partial charge in [0.15, 0.2) is 0 Å². The molecule has 3 heteroatoms. The number of hydrogen-bond acceptors (Lipinski definition) is 3. The summed E-state index contributed by atoms with van der Waals surface area (Å²) in [5.74, 6) is 0.686. The first-order chi connectivity index (χ1) is 7.79. The fraction of sp³-hybridized carbons (Fsp3) is 0.615. The van der Waals surface area contributed by atoms with Gasteiger partial charge in [-0.3, -0.25) is 9.88 Å². The molecule has 2 heterocycles. The Kier molecular flexibility index (Phi) is 3.91. The smallest absolute Gasteiger partial charge is 0.0417 e.